The fourth-order valence-corrected chi connectivity index (χ4v) is 2.51. The fraction of sp³-hybridized carbons (Fsp3) is 0.500. The van der Waals surface area contributed by atoms with Crippen LogP contribution in [0.4, 0.5) is 4.39 Å². The molecule has 0 aliphatic carbocycles. The number of benzene rings is 1. The van der Waals surface area contributed by atoms with Crippen LogP contribution in [-0.4, -0.2) is 24.3 Å². The number of rotatable bonds is 2. The summed E-state index contributed by atoms with van der Waals surface area (Å²) in [4.78, 5) is 0. The van der Waals surface area contributed by atoms with E-state index in [1.165, 1.54) is 12.1 Å². The molecule has 0 bridgehead atoms. The number of halogens is 2. The molecule has 4 heteroatoms. The van der Waals surface area contributed by atoms with E-state index in [4.69, 9.17) is 0 Å². The minimum absolute atomic E-state index is 0.173. The van der Waals surface area contributed by atoms with Crippen LogP contribution in [0.3, 0.4) is 0 Å². The van der Waals surface area contributed by atoms with Crippen molar-refractivity contribution in [3.8, 4) is 0 Å². The van der Waals surface area contributed by atoms with E-state index in [1.807, 2.05) is 0 Å². The summed E-state index contributed by atoms with van der Waals surface area (Å²) in [5.41, 5.74) is 0.924. The molecule has 2 unspecified atom stereocenters. The van der Waals surface area contributed by atoms with Crippen LogP contribution in [0.1, 0.15) is 12.0 Å². The maximum Gasteiger partial charge on any atom is 0.123 e. The molecule has 0 radical (unpaired) electrons. The van der Waals surface area contributed by atoms with Crippen molar-refractivity contribution in [3.05, 3.63) is 34.1 Å². The van der Waals surface area contributed by atoms with Gasteiger partial charge >= 0.3 is 0 Å². The molecule has 1 aromatic carbocycles. The summed E-state index contributed by atoms with van der Waals surface area (Å²) >= 11 is 3.41. The number of hydrogen-bond acceptors (Lipinski definition) is 2. The van der Waals surface area contributed by atoms with E-state index >= 15 is 0 Å². The van der Waals surface area contributed by atoms with Crippen molar-refractivity contribution in [2.45, 2.75) is 18.9 Å². The van der Waals surface area contributed by atoms with Gasteiger partial charge in [-0.2, -0.15) is 0 Å². The lowest BCUT2D eigenvalue weighted by Crippen LogP contribution is -2.40. The molecular formula is C12H15BrFNO. The van der Waals surface area contributed by atoms with Crippen LogP contribution in [0, 0.1) is 11.7 Å². The normalized spacial score (nSPS) is 25.7. The first-order valence-electron chi connectivity index (χ1n) is 5.49. The average molecular weight is 288 g/mol. The van der Waals surface area contributed by atoms with Crippen molar-refractivity contribution in [2.75, 3.05) is 13.1 Å². The third-order valence-electron chi connectivity index (χ3n) is 3.06. The summed E-state index contributed by atoms with van der Waals surface area (Å²) in [6, 6.07) is 4.68. The summed E-state index contributed by atoms with van der Waals surface area (Å²) in [5, 5.41) is 13.1. The molecule has 0 saturated carbocycles. The van der Waals surface area contributed by atoms with Gasteiger partial charge in [-0.1, -0.05) is 15.9 Å². The summed E-state index contributed by atoms with van der Waals surface area (Å²) < 4.78 is 14.0. The van der Waals surface area contributed by atoms with Crippen LogP contribution in [0.2, 0.25) is 0 Å². The van der Waals surface area contributed by atoms with Gasteiger partial charge in [0.25, 0.3) is 0 Å². The third kappa shape index (κ3) is 2.81. The van der Waals surface area contributed by atoms with Gasteiger partial charge in [-0.05, 0) is 43.1 Å². The van der Waals surface area contributed by atoms with Crippen molar-refractivity contribution in [1.29, 1.82) is 0 Å². The number of aliphatic hydroxyl groups is 1. The number of piperidine rings is 1. The summed E-state index contributed by atoms with van der Waals surface area (Å²) in [5.74, 6) is -0.0525. The zero-order valence-electron chi connectivity index (χ0n) is 8.92. The molecule has 0 amide bonds. The van der Waals surface area contributed by atoms with E-state index in [0.29, 0.717) is 6.42 Å². The van der Waals surface area contributed by atoms with Crippen LogP contribution in [0.25, 0.3) is 0 Å². The molecule has 1 saturated heterocycles. The van der Waals surface area contributed by atoms with Crippen molar-refractivity contribution in [2.24, 2.45) is 5.92 Å². The zero-order valence-corrected chi connectivity index (χ0v) is 10.5. The molecule has 1 heterocycles. The van der Waals surface area contributed by atoms with E-state index in [1.54, 1.807) is 6.07 Å². The Kier molecular flexibility index (Phi) is 3.95. The number of aliphatic hydroxyl groups excluding tert-OH is 1. The average Bonchev–Trinajstić information content (AvgIpc) is 2.27. The lowest BCUT2D eigenvalue weighted by molar-refractivity contribution is 0.0790. The van der Waals surface area contributed by atoms with Crippen molar-refractivity contribution in [3.63, 3.8) is 0 Å². The molecule has 88 valence electrons. The van der Waals surface area contributed by atoms with E-state index in [0.717, 1.165) is 29.5 Å². The first-order valence-corrected chi connectivity index (χ1v) is 6.29. The molecule has 1 fully saturated rings. The molecule has 2 N–H and O–H groups in total. The SMILES string of the molecule is OC1CCNCC1Cc1cc(F)ccc1Br. The van der Waals surface area contributed by atoms with Gasteiger partial charge in [0, 0.05) is 16.9 Å². The summed E-state index contributed by atoms with van der Waals surface area (Å²) in [6.45, 7) is 1.66. The van der Waals surface area contributed by atoms with E-state index in [9.17, 15) is 9.50 Å². The highest BCUT2D eigenvalue weighted by Gasteiger charge is 2.23. The molecule has 2 atom stereocenters. The Morgan fingerprint density at radius 3 is 3.06 bits per heavy atom. The van der Waals surface area contributed by atoms with Gasteiger partial charge in [0.2, 0.25) is 0 Å². The Balaban J connectivity index is 2.10. The monoisotopic (exact) mass is 287 g/mol. The molecular weight excluding hydrogens is 273 g/mol. The number of hydrogen-bond donors (Lipinski definition) is 2. The predicted molar refractivity (Wildman–Crippen MR) is 64.8 cm³/mol. The molecule has 1 aliphatic heterocycles. The van der Waals surface area contributed by atoms with E-state index in [-0.39, 0.29) is 17.8 Å². The summed E-state index contributed by atoms with van der Waals surface area (Å²) in [7, 11) is 0. The topological polar surface area (TPSA) is 32.3 Å². The maximum absolute atomic E-state index is 13.1. The van der Waals surface area contributed by atoms with E-state index in [2.05, 4.69) is 21.2 Å². The Morgan fingerprint density at radius 2 is 2.31 bits per heavy atom. The zero-order chi connectivity index (χ0) is 11.5. The van der Waals surface area contributed by atoms with Gasteiger partial charge in [0.05, 0.1) is 6.10 Å². The summed E-state index contributed by atoms with van der Waals surface area (Å²) in [6.07, 6.45) is 1.20. The minimum atomic E-state index is -0.281. The molecule has 16 heavy (non-hydrogen) atoms. The second-order valence-electron chi connectivity index (χ2n) is 4.26. The van der Waals surface area contributed by atoms with Gasteiger partial charge in [0.1, 0.15) is 5.82 Å². The van der Waals surface area contributed by atoms with Gasteiger partial charge < -0.3 is 10.4 Å². The van der Waals surface area contributed by atoms with Crippen LogP contribution < -0.4 is 5.32 Å². The van der Waals surface area contributed by atoms with Crippen LogP contribution in [-0.2, 0) is 6.42 Å². The number of nitrogens with one attached hydrogen (secondary N) is 1. The largest absolute Gasteiger partial charge is 0.393 e. The Morgan fingerprint density at radius 1 is 1.50 bits per heavy atom. The van der Waals surface area contributed by atoms with Crippen molar-refractivity contribution < 1.29 is 9.50 Å². The Labute approximate surface area is 103 Å². The molecule has 1 aromatic rings. The molecule has 1 aliphatic rings. The van der Waals surface area contributed by atoms with Gasteiger partial charge in [-0.15, -0.1) is 0 Å². The van der Waals surface area contributed by atoms with Gasteiger partial charge in [0.15, 0.2) is 0 Å². The molecule has 0 aromatic heterocycles. The molecule has 2 rings (SSSR count). The lowest BCUT2D eigenvalue weighted by atomic mass is 9.90. The second kappa shape index (κ2) is 5.25. The van der Waals surface area contributed by atoms with Gasteiger partial charge in [-0.25, -0.2) is 4.39 Å². The second-order valence-corrected chi connectivity index (χ2v) is 5.11. The highest BCUT2D eigenvalue weighted by Crippen LogP contribution is 2.24. The highest BCUT2D eigenvalue weighted by molar-refractivity contribution is 9.10. The van der Waals surface area contributed by atoms with Crippen molar-refractivity contribution >= 4 is 15.9 Å². The lowest BCUT2D eigenvalue weighted by Gasteiger charge is -2.28. The van der Waals surface area contributed by atoms with Crippen LogP contribution >= 0.6 is 15.9 Å². The Bertz CT molecular complexity index is 372. The Hall–Kier alpha value is -0.450. The smallest absolute Gasteiger partial charge is 0.123 e. The first-order chi connectivity index (χ1) is 7.66. The standard InChI is InChI=1S/C12H15BrFNO/c13-11-2-1-10(14)6-8(11)5-9-7-15-4-3-12(9)16/h1-2,6,9,12,15-16H,3-5,7H2. The highest BCUT2D eigenvalue weighted by atomic mass is 79.9. The maximum atomic E-state index is 13.1. The third-order valence-corrected chi connectivity index (χ3v) is 3.83. The quantitative estimate of drug-likeness (QED) is 0.873. The molecule has 0 spiro atoms. The fourth-order valence-electron chi connectivity index (χ4n) is 2.10. The first kappa shape index (κ1) is 12.0. The molecule has 2 nitrogen and oxygen atoms in total. The van der Waals surface area contributed by atoms with Gasteiger partial charge in [-0.3, -0.25) is 0 Å². The predicted octanol–water partition coefficient (Wildman–Crippen LogP) is 2.10. The van der Waals surface area contributed by atoms with Crippen LogP contribution in [0.15, 0.2) is 22.7 Å². The van der Waals surface area contributed by atoms with E-state index < -0.39 is 0 Å². The van der Waals surface area contributed by atoms with Crippen molar-refractivity contribution in [1.82, 2.24) is 5.32 Å². The van der Waals surface area contributed by atoms with Crippen LogP contribution in [0.5, 0.6) is 0 Å². The minimum Gasteiger partial charge on any atom is -0.393 e.